The molecule has 2 amide bonds. The van der Waals surface area contributed by atoms with Gasteiger partial charge in [0.15, 0.2) is 0 Å². The van der Waals surface area contributed by atoms with E-state index in [4.69, 9.17) is 0 Å². The van der Waals surface area contributed by atoms with Gasteiger partial charge in [-0.3, -0.25) is 14.3 Å². The first-order chi connectivity index (χ1) is 16.4. The van der Waals surface area contributed by atoms with E-state index in [1.165, 1.54) is 12.1 Å². The number of amides is 2. The molecule has 10 nitrogen and oxygen atoms in total. The molecule has 2 aliphatic rings. The van der Waals surface area contributed by atoms with Crippen molar-refractivity contribution in [2.75, 3.05) is 19.6 Å². The van der Waals surface area contributed by atoms with Gasteiger partial charge in [-0.25, -0.2) is 9.78 Å². The molecule has 4 heterocycles. The lowest BCUT2D eigenvalue weighted by Crippen LogP contribution is -2.47. The maximum atomic E-state index is 13.4. The number of benzene rings is 1. The summed E-state index contributed by atoms with van der Waals surface area (Å²) in [6.45, 7) is 1.66. The summed E-state index contributed by atoms with van der Waals surface area (Å²) in [6.07, 6.45) is 7.16. The number of aromatic nitrogens is 4. The highest BCUT2D eigenvalue weighted by molar-refractivity contribution is 5.97. The minimum absolute atomic E-state index is 0.0595. The minimum Gasteiger partial charge on any atom is -0.478 e. The van der Waals surface area contributed by atoms with E-state index in [9.17, 15) is 19.5 Å². The van der Waals surface area contributed by atoms with Crippen molar-refractivity contribution < 1.29 is 19.5 Å². The quantitative estimate of drug-likeness (QED) is 0.612. The van der Waals surface area contributed by atoms with Crippen molar-refractivity contribution in [1.82, 2.24) is 29.5 Å². The molecule has 2 aliphatic heterocycles. The lowest BCUT2D eigenvalue weighted by atomic mass is 9.83. The number of hydrogen-bond acceptors (Lipinski definition) is 5. The van der Waals surface area contributed by atoms with Gasteiger partial charge in [0.1, 0.15) is 0 Å². The second-order valence-electron chi connectivity index (χ2n) is 8.88. The Morgan fingerprint density at radius 2 is 1.82 bits per heavy atom. The van der Waals surface area contributed by atoms with E-state index in [0.29, 0.717) is 30.8 Å². The van der Waals surface area contributed by atoms with Gasteiger partial charge in [0.25, 0.3) is 11.8 Å². The lowest BCUT2D eigenvalue weighted by molar-refractivity contribution is 0.0431. The number of carboxylic acids is 1. The van der Waals surface area contributed by atoms with Crippen molar-refractivity contribution in [3.63, 3.8) is 0 Å². The van der Waals surface area contributed by atoms with E-state index >= 15 is 0 Å². The molecule has 0 saturated carbocycles. The number of imidazole rings is 1. The third kappa shape index (κ3) is 3.95. The lowest BCUT2D eigenvalue weighted by Gasteiger charge is -2.42. The number of carbonyl (C=O) groups excluding carboxylic acids is 2. The van der Waals surface area contributed by atoms with Crippen molar-refractivity contribution in [2.45, 2.75) is 25.3 Å². The topological polar surface area (TPSA) is 124 Å². The SMILES string of the molecule is Cn1cc(C(=O)N2CCc3[nH]cnc3C2C2CCN(C(=O)c3cccc(C(=O)O)c3)CC2)cn1. The summed E-state index contributed by atoms with van der Waals surface area (Å²) in [6, 6.07) is 5.96. The van der Waals surface area contributed by atoms with Crippen molar-refractivity contribution >= 4 is 17.8 Å². The number of hydrogen-bond donors (Lipinski definition) is 2. The number of aryl methyl sites for hydroxylation is 1. The zero-order valence-corrected chi connectivity index (χ0v) is 18.8. The molecule has 10 heteroatoms. The standard InChI is InChI=1S/C24H26N6O4/c1-28-13-18(12-27-28)23(32)30-10-7-19-20(26-14-25-19)21(30)15-5-8-29(9-6-15)22(31)16-3-2-4-17(11-16)24(33)34/h2-4,11-15,21H,5-10H2,1H3,(H,25,26)(H,33,34). The molecule has 2 N–H and O–H groups in total. The van der Waals surface area contributed by atoms with Crippen LogP contribution in [0.4, 0.5) is 0 Å². The molecular weight excluding hydrogens is 436 g/mol. The number of aromatic carboxylic acids is 1. The van der Waals surface area contributed by atoms with Gasteiger partial charge in [0.2, 0.25) is 0 Å². The number of fused-ring (bicyclic) bond motifs is 1. The molecular formula is C24H26N6O4. The van der Waals surface area contributed by atoms with Gasteiger partial charge >= 0.3 is 5.97 Å². The van der Waals surface area contributed by atoms with Crippen LogP contribution in [0.3, 0.4) is 0 Å². The molecule has 3 aromatic rings. The maximum absolute atomic E-state index is 13.4. The third-order valence-corrected chi connectivity index (χ3v) is 6.81. The van der Waals surface area contributed by atoms with Crippen molar-refractivity contribution in [3.05, 3.63) is 71.1 Å². The molecule has 0 bridgehead atoms. The van der Waals surface area contributed by atoms with Crippen LogP contribution < -0.4 is 0 Å². The second-order valence-corrected chi connectivity index (χ2v) is 8.88. The third-order valence-electron chi connectivity index (χ3n) is 6.81. The number of carboxylic acid groups (broad SMARTS) is 1. The largest absolute Gasteiger partial charge is 0.478 e. The maximum Gasteiger partial charge on any atom is 0.335 e. The van der Waals surface area contributed by atoms with Crippen LogP contribution in [0.15, 0.2) is 43.0 Å². The van der Waals surface area contributed by atoms with Crippen LogP contribution in [-0.2, 0) is 13.5 Å². The number of carbonyl (C=O) groups is 3. The number of rotatable bonds is 4. The van der Waals surface area contributed by atoms with Gasteiger partial charge < -0.3 is 19.9 Å². The zero-order valence-electron chi connectivity index (χ0n) is 18.8. The van der Waals surface area contributed by atoms with Crippen LogP contribution in [-0.4, -0.2) is 72.1 Å². The van der Waals surface area contributed by atoms with Crippen molar-refractivity contribution in [3.8, 4) is 0 Å². The molecule has 1 unspecified atom stereocenters. The van der Waals surface area contributed by atoms with Crippen LogP contribution in [0.25, 0.3) is 0 Å². The van der Waals surface area contributed by atoms with E-state index in [1.807, 2.05) is 4.90 Å². The summed E-state index contributed by atoms with van der Waals surface area (Å²) in [5, 5.41) is 13.4. The Kier molecular flexibility index (Phi) is 5.64. The van der Waals surface area contributed by atoms with Gasteiger partial charge in [-0.15, -0.1) is 0 Å². The number of nitrogens with zero attached hydrogens (tertiary/aromatic N) is 5. The minimum atomic E-state index is -1.06. The molecule has 34 heavy (non-hydrogen) atoms. The Hall–Kier alpha value is -3.95. The Morgan fingerprint density at radius 1 is 1.06 bits per heavy atom. The molecule has 0 radical (unpaired) electrons. The van der Waals surface area contributed by atoms with Crippen LogP contribution in [0, 0.1) is 5.92 Å². The molecule has 1 fully saturated rings. The van der Waals surface area contributed by atoms with Crippen LogP contribution >= 0.6 is 0 Å². The Labute approximate surface area is 196 Å². The van der Waals surface area contributed by atoms with E-state index in [0.717, 1.165) is 30.7 Å². The molecule has 0 aliphatic carbocycles. The Balaban J connectivity index is 1.34. The number of piperidine rings is 1. The molecule has 176 valence electrons. The Morgan fingerprint density at radius 3 is 2.53 bits per heavy atom. The average Bonchev–Trinajstić information content (AvgIpc) is 3.51. The molecule has 1 atom stereocenters. The fraction of sp³-hybridized carbons (Fsp3) is 0.375. The van der Waals surface area contributed by atoms with E-state index in [1.54, 1.807) is 47.5 Å². The van der Waals surface area contributed by atoms with Gasteiger partial charge in [-0.2, -0.15) is 5.10 Å². The fourth-order valence-electron chi connectivity index (χ4n) is 5.09. The van der Waals surface area contributed by atoms with Gasteiger partial charge in [0.05, 0.1) is 35.4 Å². The molecule has 1 saturated heterocycles. The van der Waals surface area contributed by atoms with Crippen molar-refractivity contribution in [1.29, 1.82) is 0 Å². The smallest absolute Gasteiger partial charge is 0.335 e. The summed E-state index contributed by atoms with van der Waals surface area (Å²) >= 11 is 0. The first-order valence-electron chi connectivity index (χ1n) is 11.4. The van der Waals surface area contributed by atoms with E-state index in [-0.39, 0.29) is 29.3 Å². The van der Waals surface area contributed by atoms with Crippen molar-refractivity contribution in [2.24, 2.45) is 13.0 Å². The Bertz CT molecular complexity index is 1240. The van der Waals surface area contributed by atoms with Crippen LogP contribution in [0.5, 0.6) is 0 Å². The molecule has 1 aromatic carbocycles. The highest BCUT2D eigenvalue weighted by atomic mass is 16.4. The predicted octanol–water partition coefficient (Wildman–Crippen LogP) is 2.13. The summed E-state index contributed by atoms with van der Waals surface area (Å²) in [7, 11) is 1.79. The zero-order chi connectivity index (χ0) is 23.8. The normalized spacial score (nSPS) is 18.6. The summed E-state index contributed by atoms with van der Waals surface area (Å²) in [5.74, 6) is -1.14. The fourth-order valence-corrected chi connectivity index (χ4v) is 5.09. The first kappa shape index (κ1) is 21.9. The van der Waals surface area contributed by atoms with Gasteiger partial charge in [-0.1, -0.05) is 6.07 Å². The summed E-state index contributed by atoms with van der Waals surface area (Å²) in [4.78, 5) is 49.1. The second kappa shape index (κ2) is 8.77. The first-order valence-corrected chi connectivity index (χ1v) is 11.4. The predicted molar refractivity (Wildman–Crippen MR) is 121 cm³/mol. The number of nitrogens with one attached hydrogen (secondary N) is 1. The van der Waals surface area contributed by atoms with Gasteiger partial charge in [-0.05, 0) is 37.0 Å². The van der Waals surface area contributed by atoms with E-state index in [2.05, 4.69) is 15.1 Å². The highest BCUT2D eigenvalue weighted by Crippen LogP contribution is 2.39. The van der Waals surface area contributed by atoms with E-state index < -0.39 is 5.97 Å². The van der Waals surface area contributed by atoms with Crippen LogP contribution in [0.1, 0.15) is 61.3 Å². The molecule has 2 aromatic heterocycles. The van der Waals surface area contributed by atoms with Crippen LogP contribution in [0.2, 0.25) is 0 Å². The monoisotopic (exact) mass is 462 g/mol. The molecule has 5 rings (SSSR count). The number of H-pyrrole nitrogens is 1. The average molecular weight is 463 g/mol. The molecule has 0 spiro atoms. The summed E-state index contributed by atoms with van der Waals surface area (Å²) < 4.78 is 1.62. The number of aromatic amines is 1. The van der Waals surface area contributed by atoms with Gasteiger partial charge in [0, 0.05) is 50.6 Å². The highest BCUT2D eigenvalue weighted by Gasteiger charge is 2.40. The summed E-state index contributed by atoms with van der Waals surface area (Å²) in [5.41, 5.74) is 2.99. The number of likely N-dealkylation sites (tertiary alicyclic amines) is 1.